The first kappa shape index (κ1) is 96.0. The third kappa shape index (κ3) is 27.4. The second-order valence-corrected chi connectivity index (χ2v) is 33.2. The molecule has 1 saturated carbocycles. The first-order chi connectivity index (χ1) is 58.9. The van der Waals surface area contributed by atoms with Gasteiger partial charge in [0.15, 0.2) is 17.0 Å². The molecule has 2 bridgehead atoms. The van der Waals surface area contributed by atoms with Gasteiger partial charge in [0.05, 0.1) is 128 Å². The number of hydrogen-bond donors (Lipinski definition) is 5. The number of unbranched alkanes of at least 4 members (excludes halogenated alkanes) is 1. The van der Waals surface area contributed by atoms with Crippen molar-refractivity contribution in [1.82, 2.24) is 49.5 Å². The predicted molar refractivity (Wildman–Crippen MR) is 452 cm³/mol. The van der Waals surface area contributed by atoms with E-state index in [1.807, 2.05) is 72.1 Å². The molecule has 1 aliphatic carbocycles. The fraction of sp³-hybridized carbons (Fsp3) is 0.682. The number of nitrogen functional groups attached to an aromatic ring is 2. The van der Waals surface area contributed by atoms with Crippen LogP contribution in [0, 0.1) is 35.5 Å². The average molecular weight is 1710 g/mol. The molecule has 1 unspecified atom stereocenters. The number of hydrogen-bond acceptors (Lipinski definition) is 30. The Hall–Kier alpha value is -8.20. The van der Waals surface area contributed by atoms with Gasteiger partial charge >= 0.3 is 5.97 Å². The number of ether oxygens (including phenoxy) is 12. The Morgan fingerprint density at radius 3 is 2.18 bits per heavy atom. The van der Waals surface area contributed by atoms with Gasteiger partial charge in [-0.25, -0.2) is 24.1 Å². The standard InChI is InChI=1S/C88H131N13O21/c1-56-17-11-10-12-18-57(2)73(110-7)50-66-24-21-61(6)88(109,122-66)82(106)85(107)100-29-15-13-20-69(100)86(108)120-74(51-70(102)58(3)46-60(5)80(105)81(112-9)79(104)59(4)45-56)67(89)47-62-22-25-72(75(48-62)111-8)119-32-16-14-19-65-54-99(97-95-65)31-34-114-36-38-116-40-42-118-44-43-117-41-39-115-37-35-113-33-28-76(103)98-30-27-63(52-98)53-101-84-77(83(90)92-55-93-84)78(96-101)64-23-26-71-68(49-64)94-87(91)121-71/h10-12,17-18,23,26,46,49,54-56,58-59,61-63,66-67,69,72-75,80-81,105,109H,13-16,19-22,24-25,27-45,47-48,50-53,89H2,1-9H3,(H2,91,94)(H2,90,92,93)/b12-10?,17-11+,57-18?,60-46+/t56-,58-,59-,61-,62+,63?,66+,67-,69+,72-,73+,74+,75-,80-,81+,88-/m1/s1. The predicted octanol–water partition coefficient (Wildman–Crippen LogP) is 7.66. The maximum atomic E-state index is 14.7. The van der Waals surface area contributed by atoms with E-state index in [-0.39, 0.29) is 85.7 Å². The summed E-state index contributed by atoms with van der Waals surface area (Å²) in [5, 5.41) is 38.0. The second-order valence-electron chi connectivity index (χ2n) is 33.2. The molecule has 8 N–H and O–H groups in total. The number of aliphatic hydroxyl groups excluding tert-OH is 1. The minimum Gasteiger partial charge on any atom is -0.459 e. The number of aliphatic hydroxyl groups is 2. The molecule has 8 heterocycles. The molecule has 4 fully saturated rings. The number of likely N-dealkylation sites (tertiary alicyclic amines) is 1. The van der Waals surface area contributed by atoms with E-state index in [4.69, 9.17) is 83.6 Å². The van der Waals surface area contributed by atoms with Crippen LogP contribution in [-0.2, 0) is 105 Å². The van der Waals surface area contributed by atoms with Crippen LogP contribution in [-0.4, -0.2) is 282 Å². The number of nitrogens with two attached hydrogens (primary N) is 3. The molecule has 674 valence electrons. The number of nitrogens with zero attached hydrogens (tertiary/aromatic N) is 10. The number of Topliss-reactive ketones (excluding diaryl/α,β-unsaturated/α-hetero) is 3. The Labute approximate surface area is 714 Å². The van der Waals surface area contributed by atoms with E-state index < -0.39 is 83.8 Å². The number of aryl methyl sites for hydroxylation is 1. The normalized spacial score (nSPS) is 27.8. The van der Waals surface area contributed by atoms with Gasteiger partial charge in [0.25, 0.3) is 17.7 Å². The number of piperidine rings is 1. The number of oxazole rings is 1. The lowest BCUT2D eigenvalue weighted by molar-refractivity contribution is -0.265. The molecule has 3 saturated heterocycles. The van der Waals surface area contributed by atoms with E-state index in [2.05, 4.69) is 25.3 Å². The molecule has 1 aromatic carbocycles. The van der Waals surface area contributed by atoms with Gasteiger partial charge in [-0.3, -0.25) is 24.0 Å². The molecule has 10 rings (SSSR count). The van der Waals surface area contributed by atoms with Crippen molar-refractivity contribution in [3.8, 4) is 11.3 Å². The lowest BCUT2D eigenvalue weighted by Gasteiger charge is -2.42. The molecule has 34 heteroatoms. The molecule has 5 aliphatic rings. The maximum Gasteiger partial charge on any atom is 0.329 e. The summed E-state index contributed by atoms with van der Waals surface area (Å²) in [6.07, 6.45) is 17.4. The van der Waals surface area contributed by atoms with Crippen LogP contribution in [0.5, 0.6) is 0 Å². The Bertz CT molecular complexity index is 4300. The molecule has 122 heavy (non-hydrogen) atoms. The number of carbonyl (C=O) groups is 6. The number of ketones is 3. The van der Waals surface area contributed by atoms with Crippen LogP contribution in [0.25, 0.3) is 33.4 Å². The van der Waals surface area contributed by atoms with Gasteiger partial charge in [-0.1, -0.05) is 69.4 Å². The van der Waals surface area contributed by atoms with Crippen molar-refractivity contribution in [3.63, 3.8) is 0 Å². The maximum absolute atomic E-state index is 14.7. The summed E-state index contributed by atoms with van der Waals surface area (Å²) in [5.74, 6) is -7.75. The molecule has 4 aliphatic heterocycles. The first-order valence-electron chi connectivity index (χ1n) is 43.5. The van der Waals surface area contributed by atoms with Crippen LogP contribution in [0.2, 0.25) is 0 Å². The molecule has 5 aromatic rings. The number of methoxy groups -OCH3 is 3. The van der Waals surface area contributed by atoms with Crippen LogP contribution in [0.4, 0.5) is 11.8 Å². The van der Waals surface area contributed by atoms with Crippen molar-refractivity contribution in [2.45, 2.75) is 224 Å². The number of esters is 1. The highest BCUT2D eigenvalue weighted by molar-refractivity contribution is 6.39. The fourth-order valence-electron chi connectivity index (χ4n) is 16.9. The van der Waals surface area contributed by atoms with E-state index in [0.29, 0.717) is 215 Å². The molecular formula is C88H131N13O21. The molecule has 4 aromatic heterocycles. The molecule has 34 nitrogen and oxygen atoms in total. The lowest BCUT2D eigenvalue weighted by Crippen LogP contribution is -2.61. The summed E-state index contributed by atoms with van der Waals surface area (Å²) < 4.78 is 79.7. The highest BCUT2D eigenvalue weighted by Gasteiger charge is 2.53. The van der Waals surface area contributed by atoms with Crippen LogP contribution < -0.4 is 17.2 Å². The fourth-order valence-corrected chi connectivity index (χ4v) is 16.9. The topological polar surface area (TPSA) is 439 Å². The van der Waals surface area contributed by atoms with Crippen molar-refractivity contribution in [2.75, 3.05) is 138 Å². The minimum absolute atomic E-state index is 0.0148. The number of amides is 2. The molecular weight excluding hydrogens is 1580 g/mol. The van der Waals surface area contributed by atoms with E-state index in [9.17, 15) is 39.0 Å². The molecule has 0 spiro atoms. The summed E-state index contributed by atoms with van der Waals surface area (Å²) in [6.45, 7) is 18.4. The SMILES string of the molecule is CO[C@H]1C[C@@H]2CC[C@@H](C)[C@@](O)(O2)C(=O)C(=O)N2CCCC[C@H]2C(=O)O[C@H]([C@H](N)C[C@@H]2CC[C@@H](OCCCCc3cn(CCOCCOCCOCCOCCOCCOCCC(=O)N4CCC(Cn5nc(-c6ccc7oc(N)nc7c6)c6c(N)ncnc65)C4)nn3)[C@H](OC)C2)CC(=O)[C@H](C)/C=C(\C)[C@@H](O)[C@@H](OC)C(=O)[C@H](C)C[C@H](C)/C=C/C=CC=C1C. The van der Waals surface area contributed by atoms with Crippen molar-refractivity contribution in [1.29, 1.82) is 0 Å². The zero-order valence-corrected chi connectivity index (χ0v) is 72.6. The van der Waals surface area contributed by atoms with Crippen molar-refractivity contribution < 1.29 is 100 Å². The smallest absolute Gasteiger partial charge is 0.329 e. The van der Waals surface area contributed by atoms with Crippen molar-refractivity contribution in [3.05, 3.63) is 84.0 Å². The largest absolute Gasteiger partial charge is 0.459 e. The Morgan fingerprint density at radius 2 is 1.47 bits per heavy atom. The number of cyclic esters (lactones) is 1. The monoisotopic (exact) mass is 1710 g/mol. The number of anilines is 2. The highest BCUT2D eigenvalue weighted by Crippen LogP contribution is 2.39. The lowest BCUT2D eigenvalue weighted by atomic mass is 9.80. The van der Waals surface area contributed by atoms with Gasteiger partial charge in [-0.05, 0) is 151 Å². The Morgan fingerprint density at radius 1 is 0.746 bits per heavy atom. The van der Waals surface area contributed by atoms with Crippen LogP contribution in [0.15, 0.2) is 82.7 Å². The van der Waals surface area contributed by atoms with E-state index in [1.165, 1.54) is 13.4 Å². The van der Waals surface area contributed by atoms with E-state index in [0.717, 1.165) is 41.0 Å². The Kier molecular flexibility index (Phi) is 38.0. The van der Waals surface area contributed by atoms with Gasteiger partial charge in [0.1, 0.15) is 53.5 Å². The molecule has 0 radical (unpaired) electrons. The molecule has 16 atom stereocenters. The van der Waals surface area contributed by atoms with Crippen LogP contribution in [0.1, 0.15) is 150 Å². The number of carbonyl (C=O) groups excluding carboxylic acids is 6. The number of rotatable bonds is 36. The van der Waals surface area contributed by atoms with Gasteiger partial charge < -0.3 is 98.5 Å². The van der Waals surface area contributed by atoms with E-state index >= 15 is 0 Å². The van der Waals surface area contributed by atoms with Gasteiger partial charge in [0, 0.05) is 103 Å². The zero-order valence-electron chi connectivity index (χ0n) is 72.6. The van der Waals surface area contributed by atoms with Crippen LogP contribution >= 0.6 is 0 Å². The number of fused-ring (bicyclic) bond motifs is 5. The quantitative estimate of drug-likeness (QED) is 0.0111. The minimum atomic E-state index is -2.48. The van der Waals surface area contributed by atoms with Crippen molar-refractivity contribution in [2.24, 2.45) is 41.2 Å². The summed E-state index contributed by atoms with van der Waals surface area (Å²) in [4.78, 5) is 101. The second kappa shape index (κ2) is 48.3. The summed E-state index contributed by atoms with van der Waals surface area (Å²) in [7, 11) is 4.59. The average Bonchev–Trinajstić information content (AvgIpc) is 1.59. The number of allylic oxidation sites excluding steroid dienone is 6. The van der Waals surface area contributed by atoms with Crippen LogP contribution in [0.3, 0.4) is 0 Å². The zero-order chi connectivity index (χ0) is 87.2. The summed E-state index contributed by atoms with van der Waals surface area (Å²) in [6, 6.07) is 3.50. The first-order valence-corrected chi connectivity index (χ1v) is 43.5. The molecule has 2 amide bonds. The van der Waals surface area contributed by atoms with Gasteiger partial charge in [-0.15, -0.1) is 5.10 Å². The highest BCUT2D eigenvalue weighted by atomic mass is 16.6. The third-order valence-corrected chi connectivity index (χ3v) is 24.0. The third-order valence-electron chi connectivity index (χ3n) is 24.0. The number of aromatic nitrogens is 8. The summed E-state index contributed by atoms with van der Waals surface area (Å²) in [5.41, 5.74) is 24.5. The Balaban J connectivity index is 0.579. The summed E-state index contributed by atoms with van der Waals surface area (Å²) >= 11 is 0. The van der Waals surface area contributed by atoms with Gasteiger partial charge in [-0.2, -0.15) is 10.1 Å². The van der Waals surface area contributed by atoms with Gasteiger partial charge in [0.2, 0.25) is 11.7 Å². The van der Waals surface area contributed by atoms with Crippen molar-refractivity contribution >= 4 is 69.1 Å². The number of benzene rings is 1. The van der Waals surface area contributed by atoms with E-state index in [1.54, 1.807) is 58.7 Å².